The molecule has 4 heteroatoms. The molecule has 0 radical (unpaired) electrons. The van der Waals surface area contributed by atoms with E-state index in [9.17, 15) is 0 Å². The summed E-state index contributed by atoms with van der Waals surface area (Å²) in [7, 11) is 1.98. The summed E-state index contributed by atoms with van der Waals surface area (Å²) >= 11 is 1.80. The van der Waals surface area contributed by atoms with E-state index in [2.05, 4.69) is 24.1 Å². The Morgan fingerprint density at radius 2 is 2.24 bits per heavy atom. The molecule has 1 fully saturated rings. The molecule has 2 rings (SSSR count). The minimum atomic E-state index is -0.0782. The smallest absolute Gasteiger partial charge is 0.125 e. The van der Waals surface area contributed by atoms with Crippen LogP contribution in [0.15, 0.2) is 6.20 Å². The van der Waals surface area contributed by atoms with Crippen LogP contribution in [0.25, 0.3) is 0 Å². The fourth-order valence-corrected chi connectivity index (χ4v) is 3.66. The Morgan fingerprint density at radius 3 is 2.82 bits per heavy atom. The van der Waals surface area contributed by atoms with Crippen molar-refractivity contribution in [2.75, 3.05) is 13.7 Å². The molecule has 0 aliphatic heterocycles. The third-order valence-corrected chi connectivity index (χ3v) is 4.97. The lowest BCUT2D eigenvalue weighted by Gasteiger charge is -2.26. The third kappa shape index (κ3) is 2.54. The van der Waals surface area contributed by atoms with Crippen molar-refractivity contribution in [2.24, 2.45) is 0 Å². The van der Waals surface area contributed by atoms with Crippen molar-refractivity contribution in [3.8, 4) is 0 Å². The Hall–Kier alpha value is -0.450. The Balaban J connectivity index is 2.22. The topological polar surface area (TPSA) is 34.1 Å². The molecule has 1 aliphatic carbocycles. The summed E-state index contributed by atoms with van der Waals surface area (Å²) in [5.41, 5.74) is -0.0782. The highest BCUT2D eigenvalue weighted by molar-refractivity contribution is 7.11. The number of ether oxygens (including phenoxy) is 1. The number of thiazole rings is 1. The minimum Gasteiger partial charge on any atom is -0.368 e. The van der Waals surface area contributed by atoms with Gasteiger partial charge >= 0.3 is 0 Å². The molecule has 1 atom stereocenters. The lowest BCUT2D eigenvalue weighted by Crippen LogP contribution is -2.25. The number of nitrogens with one attached hydrogen (secondary N) is 1. The van der Waals surface area contributed by atoms with Gasteiger partial charge in [0.1, 0.15) is 10.6 Å². The zero-order valence-electron chi connectivity index (χ0n) is 11.0. The summed E-state index contributed by atoms with van der Waals surface area (Å²) in [5.74, 6) is 0. The van der Waals surface area contributed by atoms with E-state index in [4.69, 9.17) is 4.74 Å². The highest BCUT2D eigenvalue weighted by atomic mass is 32.1. The van der Waals surface area contributed by atoms with Gasteiger partial charge in [0, 0.05) is 23.7 Å². The fraction of sp³-hybridized carbons (Fsp3) is 0.769. The van der Waals surface area contributed by atoms with E-state index in [1.54, 1.807) is 11.3 Å². The molecular weight excluding hydrogens is 232 g/mol. The van der Waals surface area contributed by atoms with Crippen molar-refractivity contribution in [2.45, 2.75) is 51.2 Å². The molecule has 3 nitrogen and oxygen atoms in total. The van der Waals surface area contributed by atoms with Crippen molar-refractivity contribution >= 4 is 11.3 Å². The van der Waals surface area contributed by atoms with E-state index in [0.717, 1.165) is 19.4 Å². The van der Waals surface area contributed by atoms with Gasteiger partial charge in [0.15, 0.2) is 0 Å². The van der Waals surface area contributed by atoms with Gasteiger partial charge < -0.3 is 10.1 Å². The number of rotatable bonds is 5. The maximum atomic E-state index is 6.03. The van der Waals surface area contributed by atoms with Crippen molar-refractivity contribution in [3.63, 3.8) is 0 Å². The molecule has 1 aromatic heterocycles. The second kappa shape index (κ2) is 5.46. The van der Waals surface area contributed by atoms with Gasteiger partial charge in [-0.2, -0.15) is 0 Å². The summed E-state index contributed by atoms with van der Waals surface area (Å²) < 4.78 is 6.03. The molecule has 0 amide bonds. The molecule has 1 saturated carbocycles. The van der Waals surface area contributed by atoms with Crippen LogP contribution in [0.3, 0.4) is 0 Å². The third-order valence-electron chi connectivity index (χ3n) is 3.60. The quantitative estimate of drug-likeness (QED) is 0.876. The van der Waals surface area contributed by atoms with Gasteiger partial charge in [-0.3, -0.25) is 0 Å². The maximum Gasteiger partial charge on any atom is 0.125 e. The van der Waals surface area contributed by atoms with Gasteiger partial charge in [0.2, 0.25) is 0 Å². The molecule has 0 saturated heterocycles. The predicted octanol–water partition coefficient (Wildman–Crippen LogP) is 3.23. The van der Waals surface area contributed by atoms with Gasteiger partial charge in [0.05, 0.1) is 0 Å². The first-order chi connectivity index (χ1) is 8.22. The summed E-state index contributed by atoms with van der Waals surface area (Å²) in [6.45, 7) is 5.01. The first-order valence-electron chi connectivity index (χ1n) is 6.49. The summed E-state index contributed by atoms with van der Waals surface area (Å²) in [6, 6.07) is 0.376. The highest BCUT2D eigenvalue weighted by Crippen LogP contribution is 2.44. The van der Waals surface area contributed by atoms with Crippen molar-refractivity contribution in [3.05, 3.63) is 16.1 Å². The first-order valence-corrected chi connectivity index (χ1v) is 7.31. The van der Waals surface area contributed by atoms with Crippen LogP contribution in [-0.2, 0) is 10.3 Å². The van der Waals surface area contributed by atoms with Crippen LogP contribution in [0, 0.1) is 0 Å². The lowest BCUT2D eigenvalue weighted by atomic mass is 10.0. The molecule has 1 heterocycles. The van der Waals surface area contributed by atoms with Gasteiger partial charge in [-0.05, 0) is 33.7 Å². The second-order valence-corrected chi connectivity index (χ2v) is 5.77. The zero-order chi connectivity index (χ0) is 12.3. The SMILES string of the molecule is CCOC1(c2ncc(C(C)NC)s2)CCCC1. The molecule has 1 unspecified atom stereocenters. The second-order valence-electron chi connectivity index (χ2n) is 4.71. The predicted molar refractivity (Wildman–Crippen MR) is 71.4 cm³/mol. The maximum absolute atomic E-state index is 6.03. The van der Waals surface area contributed by atoms with E-state index < -0.39 is 0 Å². The van der Waals surface area contributed by atoms with Crippen LogP contribution in [0.1, 0.15) is 55.5 Å². The molecule has 1 N–H and O–H groups in total. The Labute approximate surface area is 108 Å². The van der Waals surface area contributed by atoms with Gasteiger partial charge in [-0.15, -0.1) is 11.3 Å². The van der Waals surface area contributed by atoms with Crippen molar-refractivity contribution in [1.82, 2.24) is 10.3 Å². The Morgan fingerprint density at radius 1 is 1.53 bits per heavy atom. The monoisotopic (exact) mass is 254 g/mol. The largest absolute Gasteiger partial charge is 0.368 e. The number of hydrogen-bond donors (Lipinski definition) is 1. The molecule has 0 spiro atoms. The minimum absolute atomic E-state index is 0.0782. The summed E-state index contributed by atoms with van der Waals surface area (Å²) in [5, 5.41) is 4.43. The highest BCUT2D eigenvalue weighted by Gasteiger charge is 2.39. The average molecular weight is 254 g/mol. The fourth-order valence-electron chi connectivity index (χ4n) is 2.48. The summed E-state index contributed by atoms with van der Waals surface area (Å²) in [4.78, 5) is 5.91. The Kier molecular flexibility index (Phi) is 4.17. The molecule has 1 aliphatic rings. The van der Waals surface area contributed by atoms with E-state index in [1.165, 1.54) is 22.7 Å². The standard InChI is InChI=1S/C13H22N2OS/c1-4-16-13(7-5-6-8-13)12-15-9-11(17-12)10(2)14-3/h9-10,14H,4-8H2,1-3H3. The Bertz CT molecular complexity index is 358. The van der Waals surface area contributed by atoms with E-state index >= 15 is 0 Å². The van der Waals surface area contributed by atoms with Gasteiger partial charge in [0.25, 0.3) is 0 Å². The molecule has 17 heavy (non-hydrogen) atoms. The molecular formula is C13H22N2OS. The average Bonchev–Trinajstić information content (AvgIpc) is 2.97. The summed E-state index contributed by atoms with van der Waals surface area (Å²) in [6.07, 6.45) is 6.77. The van der Waals surface area contributed by atoms with Crippen LogP contribution >= 0.6 is 11.3 Å². The van der Waals surface area contributed by atoms with Crippen LogP contribution in [-0.4, -0.2) is 18.6 Å². The van der Waals surface area contributed by atoms with Crippen LogP contribution in [0.5, 0.6) is 0 Å². The molecule has 0 aromatic carbocycles. The zero-order valence-corrected chi connectivity index (χ0v) is 11.8. The normalized spacial score (nSPS) is 20.6. The number of aromatic nitrogens is 1. The van der Waals surface area contributed by atoms with E-state index in [1.807, 2.05) is 13.2 Å². The number of hydrogen-bond acceptors (Lipinski definition) is 4. The van der Waals surface area contributed by atoms with Crippen molar-refractivity contribution < 1.29 is 4.74 Å². The first kappa shape index (κ1) is 13.0. The number of nitrogens with zero attached hydrogens (tertiary/aromatic N) is 1. The van der Waals surface area contributed by atoms with E-state index in [-0.39, 0.29) is 5.60 Å². The molecule has 96 valence electrons. The van der Waals surface area contributed by atoms with Crippen LogP contribution < -0.4 is 5.32 Å². The molecule has 0 bridgehead atoms. The van der Waals surface area contributed by atoms with Crippen molar-refractivity contribution in [1.29, 1.82) is 0 Å². The molecule has 1 aromatic rings. The van der Waals surface area contributed by atoms with Gasteiger partial charge in [-0.1, -0.05) is 12.8 Å². The van der Waals surface area contributed by atoms with Crippen LogP contribution in [0.2, 0.25) is 0 Å². The lowest BCUT2D eigenvalue weighted by molar-refractivity contribution is -0.0391. The van der Waals surface area contributed by atoms with E-state index in [0.29, 0.717) is 6.04 Å². The van der Waals surface area contributed by atoms with Gasteiger partial charge in [-0.25, -0.2) is 4.98 Å². The van der Waals surface area contributed by atoms with Crippen LogP contribution in [0.4, 0.5) is 0 Å².